The molecule has 0 fully saturated rings. The van der Waals surface area contributed by atoms with Gasteiger partial charge < -0.3 is 9.84 Å². The van der Waals surface area contributed by atoms with Crippen LogP contribution in [0.5, 0.6) is 11.6 Å². The third-order valence-electron chi connectivity index (χ3n) is 2.03. The molecule has 0 spiro atoms. The van der Waals surface area contributed by atoms with E-state index < -0.39 is 0 Å². The first-order valence-electron chi connectivity index (χ1n) is 4.86. The summed E-state index contributed by atoms with van der Waals surface area (Å²) < 4.78 is 5.04. The molecule has 88 valence electrons. The van der Waals surface area contributed by atoms with Crippen LogP contribution in [0.1, 0.15) is 0 Å². The standard InChI is InChI=1S/C12H10ClNO2S/c1-16-12-7-10(6-11(13)14-12)17-9-4-2-8(15)3-5-9/h2-7,15H,1H3. The van der Waals surface area contributed by atoms with Crippen LogP contribution in [0.2, 0.25) is 5.15 Å². The number of aromatic nitrogens is 1. The Balaban J connectivity index is 2.23. The average Bonchev–Trinajstić information content (AvgIpc) is 2.31. The van der Waals surface area contributed by atoms with Crippen LogP contribution in [-0.2, 0) is 0 Å². The van der Waals surface area contributed by atoms with Crippen molar-refractivity contribution in [2.24, 2.45) is 0 Å². The van der Waals surface area contributed by atoms with E-state index in [0.717, 1.165) is 9.79 Å². The molecule has 1 N–H and O–H groups in total. The highest BCUT2D eigenvalue weighted by Crippen LogP contribution is 2.31. The van der Waals surface area contributed by atoms with Gasteiger partial charge in [-0.15, -0.1) is 0 Å². The zero-order chi connectivity index (χ0) is 12.3. The van der Waals surface area contributed by atoms with Crippen LogP contribution in [0.3, 0.4) is 0 Å². The smallest absolute Gasteiger partial charge is 0.215 e. The molecular formula is C12H10ClNO2S. The van der Waals surface area contributed by atoms with E-state index in [4.69, 9.17) is 16.3 Å². The molecule has 0 saturated heterocycles. The number of nitrogens with zero attached hydrogens (tertiary/aromatic N) is 1. The number of rotatable bonds is 3. The highest BCUT2D eigenvalue weighted by atomic mass is 35.5. The zero-order valence-corrected chi connectivity index (χ0v) is 10.6. The molecular weight excluding hydrogens is 258 g/mol. The minimum Gasteiger partial charge on any atom is -0.508 e. The molecule has 0 unspecified atom stereocenters. The van der Waals surface area contributed by atoms with Gasteiger partial charge in [0.1, 0.15) is 10.9 Å². The van der Waals surface area contributed by atoms with Crippen LogP contribution in [-0.4, -0.2) is 17.2 Å². The maximum atomic E-state index is 9.19. The van der Waals surface area contributed by atoms with Crippen LogP contribution in [0.4, 0.5) is 0 Å². The van der Waals surface area contributed by atoms with Crippen molar-refractivity contribution in [2.75, 3.05) is 7.11 Å². The molecule has 17 heavy (non-hydrogen) atoms. The summed E-state index contributed by atoms with van der Waals surface area (Å²) in [6, 6.07) is 10.5. The summed E-state index contributed by atoms with van der Waals surface area (Å²) in [4.78, 5) is 5.94. The lowest BCUT2D eigenvalue weighted by Crippen LogP contribution is -1.88. The molecule has 0 saturated carbocycles. The summed E-state index contributed by atoms with van der Waals surface area (Å²) in [5.41, 5.74) is 0. The highest BCUT2D eigenvalue weighted by Gasteiger charge is 2.03. The van der Waals surface area contributed by atoms with Crippen LogP contribution < -0.4 is 4.74 Å². The van der Waals surface area contributed by atoms with E-state index in [1.54, 1.807) is 25.3 Å². The Morgan fingerprint density at radius 2 is 1.88 bits per heavy atom. The molecule has 0 aliphatic heterocycles. The van der Waals surface area contributed by atoms with Gasteiger partial charge in [-0.2, -0.15) is 0 Å². The van der Waals surface area contributed by atoms with Gasteiger partial charge in [0, 0.05) is 15.9 Å². The van der Waals surface area contributed by atoms with Gasteiger partial charge in [-0.05, 0) is 30.3 Å². The molecule has 1 aromatic carbocycles. The van der Waals surface area contributed by atoms with E-state index in [1.807, 2.05) is 18.2 Å². The van der Waals surface area contributed by atoms with E-state index >= 15 is 0 Å². The van der Waals surface area contributed by atoms with Gasteiger partial charge in [0.15, 0.2) is 0 Å². The third-order valence-corrected chi connectivity index (χ3v) is 3.20. The molecule has 1 heterocycles. The van der Waals surface area contributed by atoms with E-state index in [9.17, 15) is 5.11 Å². The Kier molecular flexibility index (Phi) is 3.76. The predicted octanol–water partition coefficient (Wildman–Crippen LogP) is 3.60. The first-order chi connectivity index (χ1) is 8.17. The number of methoxy groups -OCH3 is 1. The number of pyridine rings is 1. The van der Waals surface area contributed by atoms with E-state index in [-0.39, 0.29) is 5.75 Å². The fourth-order valence-electron chi connectivity index (χ4n) is 1.26. The Morgan fingerprint density at radius 1 is 1.18 bits per heavy atom. The van der Waals surface area contributed by atoms with Gasteiger partial charge >= 0.3 is 0 Å². The first-order valence-corrected chi connectivity index (χ1v) is 6.05. The Bertz CT molecular complexity index is 516. The predicted molar refractivity (Wildman–Crippen MR) is 68.0 cm³/mol. The summed E-state index contributed by atoms with van der Waals surface area (Å²) in [6.45, 7) is 0. The van der Waals surface area contributed by atoms with Crippen molar-refractivity contribution >= 4 is 23.4 Å². The second kappa shape index (κ2) is 5.29. The summed E-state index contributed by atoms with van der Waals surface area (Å²) >= 11 is 7.40. The number of hydrogen-bond donors (Lipinski definition) is 1. The van der Waals surface area contributed by atoms with Crippen molar-refractivity contribution in [1.82, 2.24) is 4.98 Å². The SMILES string of the molecule is COc1cc(Sc2ccc(O)cc2)cc(Cl)n1. The molecule has 0 amide bonds. The minimum absolute atomic E-state index is 0.250. The number of aromatic hydroxyl groups is 1. The van der Waals surface area contributed by atoms with Crippen molar-refractivity contribution < 1.29 is 9.84 Å². The minimum atomic E-state index is 0.250. The van der Waals surface area contributed by atoms with Gasteiger partial charge in [0.25, 0.3) is 0 Å². The lowest BCUT2D eigenvalue weighted by molar-refractivity contribution is 0.396. The van der Waals surface area contributed by atoms with Crippen LogP contribution in [0.25, 0.3) is 0 Å². The molecule has 2 rings (SSSR count). The summed E-state index contributed by atoms with van der Waals surface area (Å²) in [7, 11) is 1.55. The van der Waals surface area contributed by atoms with Gasteiger partial charge in [-0.25, -0.2) is 4.98 Å². The van der Waals surface area contributed by atoms with E-state index in [1.165, 1.54) is 11.8 Å². The van der Waals surface area contributed by atoms with Gasteiger partial charge in [-0.1, -0.05) is 23.4 Å². The molecule has 0 radical (unpaired) electrons. The molecule has 0 atom stereocenters. The fraction of sp³-hybridized carbons (Fsp3) is 0.0833. The number of halogens is 1. The Labute approximate surface area is 108 Å². The third kappa shape index (κ3) is 3.28. The number of benzene rings is 1. The zero-order valence-electron chi connectivity index (χ0n) is 9.05. The largest absolute Gasteiger partial charge is 0.508 e. The van der Waals surface area contributed by atoms with Gasteiger partial charge in [0.2, 0.25) is 5.88 Å². The van der Waals surface area contributed by atoms with Crippen LogP contribution in [0.15, 0.2) is 46.2 Å². The summed E-state index contributed by atoms with van der Waals surface area (Å²) in [5, 5.41) is 9.58. The van der Waals surface area contributed by atoms with Crippen LogP contribution >= 0.6 is 23.4 Å². The van der Waals surface area contributed by atoms with Crippen molar-refractivity contribution in [3.8, 4) is 11.6 Å². The number of phenolic OH excluding ortho intramolecular Hbond substituents is 1. The van der Waals surface area contributed by atoms with Crippen molar-refractivity contribution in [3.05, 3.63) is 41.6 Å². The molecule has 3 nitrogen and oxygen atoms in total. The average molecular weight is 268 g/mol. The molecule has 1 aromatic heterocycles. The van der Waals surface area contributed by atoms with Gasteiger partial charge in [0.05, 0.1) is 7.11 Å². The van der Waals surface area contributed by atoms with E-state index in [0.29, 0.717) is 11.0 Å². The fourth-order valence-corrected chi connectivity index (χ4v) is 2.40. The van der Waals surface area contributed by atoms with Gasteiger partial charge in [-0.3, -0.25) is 0 Å². The van der Waals surface area contributed by atoms with Crippen molar-refractivity contribution in [1.29, 1.82) is 0 Å². The lowest BCUT2D eigenvalue weighted by Gasteiger charge is -2.05. The quantitative estimate of drug-likeness (QED) is 0.863. The summed E-state index contributed by atoms with van der Waals surface area (Å²) in [5.74, 6) is 0.735. The number of phenols is 1. The second-order valence-electron chi connectivity index (χ2n) is 3.26. The van der Waals surface area contributed by atoms with Crippen molar-refractivity contribution in [2.45, 2.75) is 9.79 Å². The molecule has 5 heteroatoms. The van der Waals surface area contributed by atoms with E-state index in [2.05, 4.69) is 4.98 Å². The van der Waals surface area contributed by atoms with Crippen molar-refractivity contribution in [3.63, 3.8) is 0 Å². The number of ether oxygens (including phenoxy) is 1. The highest BCUT2D eigenvalue weighted by molar-refractivity contribution is 7.99. The maximum Gasteiger partial charge on any atom is 0.215 e. The first kappa shape index (κ1) is 12.1. The Hall–Kier alpha value is -1.39. The topological polar surface area (TPSA) is 42.4 Å². The summed E-state index contributed by atoms with van der Waals surface area (Å²) in [6.07, 6.45) is 0. The molecule has 0 aliphatic carbocycles. The monoisotopic (exact) mass is 267 g/mol. The Morgan fingerprint density at radius 3 is 2.53 bits per heavy atom. The molecule has 0 bridgehead atoms. The number of hydrogen-bond acceptors (Lipinski definition) is 4. The molecule has 0 aliphatic rings. The lowest BCUT2D eigenvalue weighted by atomic mass is 10.3. The second-order valence-corrected chi connectivity index (χ2v) is 4.80. The van der Waals surface area contributed by atoms with Crippen LogP contribution in [0, 0.1) is 0 Å². The maximum absolute atomic E-state index is 9.19. The normalized spacial score (nSPS) is 10.2. The molecule has 2 aromatic rings.